The predicted molar refractivity (Wildman–Crippen MR) is 131 cm³/mol. The molecule has 0 aromatic heterocycles. The van der Waals surface area contributed by atoms with Crippen LogP contribution < -0.4 is 10.1 Å². The minimum Gasteiger partial charge on any atom is -0.481 e. The van der Waals surface area contributed by atoms with Crippen molar-refractivity contribution in [1.29, 1.82) is 0 Å². The van der Waals surface area contributed by atoms with E-state index in [1.54, 1.807) is 30.8 Å². The molecule has 0 radical (unpaired) electrons. The molecule has 0 unspecified atom stereocenters. The monoisotopic (exact) mass is 510 g/mol. The van der Waals surface area contributed by atoms with Crippen LogP contribution in [0.15, 0.2) is 58.3 Å². The van der Waals surface area contributed by atoms with Crippen LogP contribution in [-0.2, 0) is 14.8 Å². The molecule has 0 aliphatic carbocycles. The van der Waals surface area contributed by atoms with Crippen molar-refractivity contribution in [3.8, 4) is 17.6 Å². The van der Waals surface area contributed by atoms with Gasteiger partial charge in [-0.05, 0) is 81.1 Å². The molecular formula is C23H27ClN2O5S2. The number of aliphatic carboxylic acids is 1. The molecule has 178 valence electrons. The highest BCUT2D eigenvalue weighted by atomic mass is 35.5. The number of ether oxygens (including phenoxy) is 1. The minimum atomic E-state index is -4.10. The van der Waals surface area contributed by atoms with Gasteiger partial charge in [-0.2, -0.15) is 4.31 Å². The van der Waals surface area contributed by atoms with Crippen LogP contribution in [0.4, 0.5) is 0 Å². The number of thioether (sulfide) groups is 1. The number of hydrogen-bond acceptors (Lipinski definition) is 6. The lowest BCUT2D eigenvalue weighted by atomic mass is 10.1. The van der Waals surface area contributed by atoms with Crippen LogP contribution in [0.5, 0.6) is 5.75 Å². The van der Waals surface area contributed by atoms with E-state index in [0.717, 1.165) is 9.20 Å². The van der Waals surface area contributed by atoms with Crippen molar-refractivity contribution in [2.45, 2.75) is 35.2 Å². The predicted octanol–water partition coefficient (Wildman–Crippen LogP) is 3.94. The second-order valence-corrected chi connectivity index (χ2v) is 10.6. The quantitative estimate of drug-likeness (QED) is 0.193. The summed E-state index contributed by atoms with van der Waals surface area (Å²) >= 11 is 7.44. The number of benzene rings is 2. The number of nitrogens with zero attached hydrogens (tertiary/aromatic N) is 1. The van der Waals surface area contributed by atoms with E-state index in [1.807, 2.05) is 12.1 Å². The number of sulfonamides is 1. The van der Waals surface area contributed by atoms with E-state index in [2.05, 4.69) is 17.2 Å². The highest BCUT2D eigenvalue weighted by molar-refractivity contribution is 7.99. The Bertz CT molecular complexity index is 1100. The van der Waals surface area contributed by atoms with Crippen molar-refractivity contribution in [1.82, 2.24) is 9.62 Å². The molecule has 0 saturated carbocycles. The average Bonchev–Trinajstić information content (AvgIpc) is 2.80. The molecule has 0 heterocycles. The first-order chi connectivity index (χ1) is 15.7. The van der Waals surface area contributed by atoms with Crippen molar-refractivity contribution in [3.05, 3.63) is 53.6 Å². The van der Waals surface area contributed by atoms with Crippen LogP contribution in [-0.4, -0.2) is 55.9 Å². The summed E-state index contributed by atoms with van der Waals surface area (Å²) < 4.78 is 32.8. The Morgan fingerprint density at radius 1 is 1.21 bits per heavy atom. The number of carbonyl (C=O) groups is 1. The Morgan fingerprint density at radius 3 is 2.39 bits per heavy atom. The molecule has 0 fully saturated rings. The van der Waals surface area contributed by atoms with Crippen LogP contribution >= 0.6 is 23.4 Å². The summed E-state index contributed by atoms with van der Waals surface area (Å²) in [6.07, 6.45) is 0.539. The van der Waals surface area contributed by atoms with E-state index in [9.17, 15) is 18.3 Å². The van der Waals surface area contributed by atoms with Crippen molar-refractivity contribution >= 4 is 39.4 Å². The highest BCUT2D eigenvalue weighted by Gasteiger charge is 2.46. The topological polar surface area (TPSA) is 95.9 Å². The van der Waals surface area contributed by atoms with Crippen molar-refractivity contribution in [3.63, 3.8) is 0 Å². The van der Waals surface area contributed by atoms with Gasteiger partial charge in [0.2, 0.25) is 10.0 Å². The molecule has 2 aromatic carbocycles. The third-order valence-electron chi connectivity index (χ3n) is 5.04. The molecule has 2 N–H and O–H groups in total. The van der Waals surface area contributed by atoms with Gasteiger partial charge in [-0.1, -0.05) is 17.5 Å². The molecular weight excluding hydrogens is 484 g/mol. The van der Waals surface area contributed by atoms with Crippen LogP contribution in [0.25, 0.3) is 0 Å². The van der Waals surface area contributed by atoms with Crippen molar-refractivity contribution in [2.24, 2.45) is 0 Å². The van der Waals surface area contributed by atoms with Gasteiger partial charge in [0.25, 0.3) is 0 Å². The van der Waals surface area contributed by atoms with Gasteiger partial charge in [-0.25, -0.2) is 13.2 Å². The highest BCUT2D eigenvalue weighted by Crippen LogP contribution is 2.29. The Balaban J connectivity index is 2.14. The average molecular weight is 511 g/mol. The number of hydrogen-bond donors (Lipinski definition) is 2. The largest absolute Gasteiger partial charge is 0.481 e. The van der Waals surface area contributed by atoms with Crippen LogP contribution in [0.3, 0.4) is 0 Å². The maximum Gasteiger partial charge on any atom is 0.340 e. The third kappa shape index (κ3) is 6.88. The molecule has 0 aliphatic rings. The zero-order valence-corrected chi connectivity index (χ0v) is 21.1. The Hall–Kier alpha value is -2.22. The van der Waals surface area contributed by atoms with Gasteiger partial charge < -0.3 is 9.84 Å². The molecule has 1 atom stereocenters. The zero-order chi connectivity index (χ0) is 24.5. The maximum atomic E-state index is 13.2. The number of carboxylic acid groups (broad SMARTS) is 1. The minimum absolute atomic E-state index is 0.0321. The fourth-order valence-corrected chi connectivity index (χ4v) is 5.55. The summed E-state index contributed by atoms with van der Waals surface area (Å²) in [7, 11) is -1.39. The fourth-order valence-electron chi connectivity index (χ4n) is 3.10. The van der Waals surface area contributed by atoms with E-state index in [-0.39, 0.29) is 17.9 Å². The molecule has 10 heteroatoms. The Kier molecular flexibility index (Phi) is 10.1. The maximum absolute atomic E-state index is 13.2. The molecule has 0 saturated heterocycles. The number of rotatable bonds is 12. The van der Waals surface area contributed by atoms with Crippen LogP contribution in [0.2, 0.25) is 5.02 Å². The first kappa shape index (κ1) is 27.0. The molecule has 0 amide bonds. The smallest absolute Gasteiger partial charge is 0.340 e. The number of nitrogens with one attached hydrogen (secondary N) is 1. The molecule has 0 aliphatic heterocycles. The first-order valence-electron chi connectivity index (χ1n) is 10.1. The third-order valence-corrected chi connectivity index (χ3v) is 8.29. The summed E-state index contributed by atoms with van der Waals surface area (Å²) in [6.45, 7) is 1.89. The molecule has 0 spiro atoms. The zero-order valence-electron chi connectivity index (χ0n) is 18.7. The summed E-state index contributed by atoms with van der Waals surface area (Å²) in [5.74, 6) is 5.27. The lowest BCUT2D eigenvalue weighted by molar-refractivity contribution is -0.150. The summed E-state index contributed by atoms with van der Waals surface area (Å²) in [5, 5.41) is 13.4. The van der Waals surface area contributed by atoms with Crippen LogP contribution in [0, 0.1) is 11.8 Å². The van der Waals surface area contributed by atoms with E-state index in [0.29, 0.717) is 22.9 Å². The van der Waals surface area contributed by atoms with E-state index < -0.39 is 21.7 Å². The van der Waals surface area contributed by atoms with Gasteiger partial charge in [0.1, 0.15) is 12.4 Å². The lowest BCUT2D eigenvalue weighted by Crippen LogP contribution is -2.63. The van der Waals surface area contributed by atoms with E-state index >= 15 is 0 Å². The molecule has 33 heavy (non-hydrogen) atoms. The van der Waals surface area contributed by atoms with E-state index in [4.69, 9.17) is 16.3 Å². The van der Waals surface area contributed by atoms with Crippen molar-refractivity contribution < 1.29 is 23.1 Å². The second-order valence-electron chi connectivity index (χ2n) is 6.98. The van der Waals surface area contributed by atoms with Gasteiger partial charge in [0.05, 0.1) is 4.90 Å². The normalized spacial score (nSPS) is 13.1. The Labute approximate surface area is 204 Å². The van der Waals surface area contributed by atoms with Crippen molar-refractivity contribution in [2.75, 3.05) is 26.5 Å². The standard InChI is InChI=1S/C23H27ClN2O5S2/c1-4-5-16-31-19-9-13-21(14-10-19)33(29,30)26(3)23(25-2,22(27)28)15-6-17-32-20-11-7-18(24)8-12-20/h7-14,25H,6,15-17H2,1-3H3,(H,27,28)/t23-/m1/s1. The van der Waals surface area contributed by atoms with Gasteiger partial charge in [0, 0.05) is 17.0 Å². The molecule has 2 rings (SSSR count). The first-order valence-corrected chi connectivity index (χ1v) is 12.9. The van der Waals surface area contributed by atoms with Gasteiger partial charge in [-0.3, -0.25) is 5.32 Å². The molecule has 0 bridgehead atoms. The second kappa shape index (κ2) is 12.3. The SMILES string of the molecule is CC#CCOc1ccc(S(=O)(=O)N(C)[C@@](CCCSc2ccc(Cl)cc2)(NC)C(=O)O)cc1. The molecule has 7 nitrogen and oxygen atoms in total. The van der Waals surface area contributed by atoms with Gasteiger partial charge in [-0.15, -0.1) is 17.7 Å². The summed E-state index contributed by atoms with van der Waals surface area (Å²) in [4.78, 5) is 13.2. The van der Waals surface area contributed by atoms with Gasteiger partial charge >= 0.3 is 5.97 Å². The number of carboxylic acids is 1. The van der Waals surface area contributed by atoms with Crippen LogP contribution in [0.1, 0.15) is 19.8 Å². The summed E-state index contributed by atoms with van der Waals surface area (Å²) in [6, 6.07) is 13.1. The Morgan fingerprint density at radius 2 is 1.85 bits per heavy atom. The number of likely N-dealkylation sites (N-methyl/N-ethyl adjacent to an activating group) is 2. The molecule has 2 aromatic rings. The number of halogens is 1. The summed E-state index contributed by atoms with van der Waals surface area (Å²) in [5.41, 5.74) is -1.80. The van der Waals surface area contributed by atoms with Gasteiger partial charge in [0.15, 0.2) is 5.66 Å². The van der Waals surface area contributed by atoms with E-state index in [1.165, 1.54) is 38.4 Å². The lowest BCUT2D eigenvalue weighted by Gasteiger charge is -2.37. The fraction of sp³-hybridized carbons (Fsp3) is 0.348.